The second-order valence-corrected chi connectivity index (χ2v) is 6.43. The van der Waals surface area contributed by atoms with Crippen LogP contribution >= 0.6 is 23.2 Å². The molecule has 0 fully saturated rings. The van der Waals surface area contributed by atoms with E-state index in [9.17, 15) is 9.59 Å². The Morgan fingerprint density at radius 3 is 2.36 bits per heavy atom. The van der Waals surface area contributed by atoms with E-state index in [1.165, 1.54) is 12.1 Å². The van der Waals surface area contributed by atoms with Gasteiger partial charge in [-0.15, -0.1) is 0 Å². The number of anilines is 1. The van der Waals surface area contributed by atoms with Crippen molar-refractivity contribution in [2.24, 2.45) is 0 Å². The van der Waals surface area contributed by atoms with Crippen molar-refractivity contribution in [3.05, 3.63) is 63.6 Å². The van der Waals surface area contributed by atoms with Crippen LogP contribution in [-0.4, -0.2) is 18.5 Å². The molecule has 0 aliphatic carbocycles. The van der Waals surface area contributed by atoms with E-state index >= 15 is 0 Å². The molecule has 0 saturated carbocycles. The molecule has 2 aromatic rings. The summed E-state index contributed by atoms with van der Waals surface area (Å²) in [6.07, 6.45) is 0.951. The number of amides is 1. The molecule has 0 aliphatic rings. The van der Waals surface area contributed by atoms with Crippen LogP contribution in [0.15, 0.2) is 42.5 Å². The number of halogens is 2. The average molecular weight is 380 g/mol. The Hall–Kier alpha value is -2.04. The first-order chi connectivity index (χ1) is 11.9. The van der Waals surface area contributed by atoms with Crippen LogP contribution in [0, 0.1) is 0 Å². The van der Waals surface area contributed by atoms with Crippen LogP contribution in [0.3, 0.4) is 0 Å². The van der Waals surface area contributed by atoms with Crippen molar-refractivity contribution in [3.63, 3.8) is 0 Å². The van der Waals surface area contributed by atoms with Crippen LogP contribution in [-0.2, 0) is 9.53 Å². The highest BCUT2D eigenvalue weighted by molar-refractivity contribution is 6.39. The fourth-order valence-corrected chi connectivity index (χ4v) is 2.89. The molecule has 0 unspecified atom stereocenters. The van der Waals surface area contributed by atoms with E-state index in [2.05, 4.69) is 19.2 Å². The standard InChI is InChI=1S/C19H19Cl2NO3/c1-3-12(2)13-7-4-5-10-16(13)22-17(23)11-25-19(24)18-14(20)8-6-9-15(18)21/h4-10,12H,3,11H2,1-2H3,(H,22,23)/t12-/m1/s1. The van der Waals surface area contributed by atoms with Crippen LogP contribution < -0.4 is 5.32 Å². The lowest BCUT2D eigenvalue weighted by Crippen LogP contribution is -2.22. The molecule has 4 nitrogen and oxygen atoms in total. The second-order valence-electron chi connectivity index (χ2n) is 5.62. The molecule has 0 spiro atoms. The van der Waals surface area contributed by atoms with E-state index in [0.29, 0.717) is 11.6 Å². The van der Waals surface area contributed by atoms with Gasteiger partial charge >= 0.3 is 5.97 Å². The quantitative estimate of drug-likeness (QED) is 0.692. The number of ether oxygens (including phenoxy) is 1. The predicted molar refractivity (Wildman–Crippen MR) is 101 cm³/mol. The summed E-state index contributed by atoms with van der Waals surface area (Å²) in [6.45, 7) is 3.75. The summed E-state index contributed by atoms with van der Waals surface area (Å²) in [6, 6.07) is 12.3. The number of carbonyl (C=O) groups is 2. The highest BCUT2D eigenvalue weighted by Gasteiger charge is 2.18. The van der Waals surface area contributed by atoms with E-state index in [1.807, 2.05) is 24.3 Å². The highest BCUT2D eigenvalue weighted by atomic mass is 35.5. The Morgan fingerprint density at radius 1 is 1.08 bits per heavy atom. The molecule has 0 aliphatic heterocycles. The lowest BCUT2D eigenvalue weighted by Gasteiger charge is -2.15. The van der Waals surface area contributed by atoms with Crippen LogP contribution in [0.5, 0.6) is 0 Å². The Labute approximate surface area is 157 Å². The minimum absolute atomic E-state index is 0.0543. The minimum atomic E-state index is -0.735. The van der Waals surface area contributed by atoms with E-state index in [1.54, 1.807) is 6.07 Å². The molecule has 1 amide bonds. The van der Waals surface area contributed by atoms with Gasteiger partial charge in [0.1, 0.15) is 0 Å². The average Bonchev–Trinajstić information content (AvgIpc) is 2.59. The van der Waals surface area contributed by atoms with Gasteiger partial charge in [0.15, 0.2) is 6.61 Å². The summed E-state index contributed by atoms with van der Waals surface area (Å²) in [5, 5.41) is 3.14. The molecule has 1 atom stereocenters. The van der Waals surface area contributed by atoms with E-state index in [0.717, 1.165) is 12.0 Å². The van der Waals surface area contributed by atoms with Gasteiger partial charge in [0, 0.05) is 5.69 Å². The number of hydrogen-bond donors (Lipinski definition) is 1. The zero-order valence-electron chi connectivity index (χ0n) is 14.0. The van der Waals surface area contributed by atoms with Gasteiger partial charge in [0.25, 0.3) is 5.91 Å². The molecule has 2 aromatic carbocycles. The lowest BCUT2D eigenvalue weighted by molar-refractivity contribution is -0.119. The van der Waals surface area contributed by atoms with Gasteiger partial charge in [-0.3, -0.25) is 4.79 Å². The molecule has 0 heterocycles. The zero-order valence-corrected chi connectivity index (χ0v) is 15.5. The van der Waals surface area contributed by atoms with Crippen LogP contribution in [0.4, 0.5) is 5.69 Å². The number of hydrogen-bond acceptors (Lipinski definition) is 3. The van der Waals surface area contributed by atoms with Crippen molar-refractivity contribution >= 4 is 40.8 Å². The third-order valence-electron chi connectivity index (χ3n) is 3.88. The molecule has 6 heteroatoms. The molecule has 25 heavy (non-hydrogen) atoms. The third-order valence-corrected chi connectivity index (χ3v) is 4.51. The molecule has 0 radical (unpaired) electrons. The van der Waals surface area contributed by atoms with Gasteiger partial charge in [-0.05, 0) is 36.1 Å². The Bertz CT molecular complexity index is 757. The summed E-state index contributed by atoms with van der Waals surface area (Å²) >= 11 is 11.9. The maximum absolute atomic E-state index is 12.1. The van der Waals surface area contributed by atoms with Gasteiger partial charge < -0.3 is 10.1 Å². The zero-order chi connectivity index (χ0) is 18.4. The monoisotopic (exact) mass is 379 g/mol. The number of para-hydroxylation sites is 1. The van der Waals surface area contributed by atoms with Gasteiger partial charge in [0.05, 0.1) is 15.6 Å². The fraction of sp³-hybridized carbons (Fsp3) is 0.263. The molecular formula is C19H19Cl2NO3. The second kappa shape index (κ2) is 8.88. The van der Waals surface area contributed by atoms with Crippen LogP contribution in [0.25, 0.3) is 0 Å². The topological polar surface area (TPSA) is 55.4 Å². The number of nitrogens with one attached hydrogen (secondary N) is 1. The van der Waals surface area contributed by atoms with Gasteiger partial charge in [-0.2, -0.15) is 0 Å². The summed E-state index contributed by atoms with van der Waals surface area (Å²) in [5.74, 6) is -0.853. The van der Waals surface area contributed by atoms with E-state index in [-0.39, 0.29) is 15.6 Å². The normalized spacial score (nSPS) is 11.7. The van der Waals surface area contributed by atoms with E-state index in [4.69, 9.17) is 27.9 Å². The molecular weight excluding hydrogens is 361 g/mol. The fourth-order valence-electron chi connectivity index (χ4n) is 2.34. The summed E-state index contributed by atoms with van der Waals surface area (Å²) < 4.78 is 5.03. The number of benzene rings is 2. The Morgan fingerprint density at radius 2 is 1.72 bits per heavy atom. The number of rotatable bonds is 6. The molecule has 0 saturated heterocycles. The largest absolute Gasteiger partial charge is 0.452 e. The first kappa shape index (κ1) is 19.3. The summed E-state index contributed by atoms with van der Waals surface area (Å²) in [5.41, 5.74) is 1.81. The first-order valence-corrected chi connectivity index (χ1v) is 8.69. The van der Waals surface area contributed by atoms with Crippen molar-refractivity contribution < 1.29 is 14.3 Å². The predicted octanol–water partition coefficient (Wildman–Crippen LogP) is 5.30. The minimum Gasteiger partial charge on any atom is -0.452 e. The first-order valence-electron chi connectivity index (χ1n) is 7.94. The molecule has 0 bridgehead atoms. The van der Waals surface area contributed by atoms with Gasteiger partial charge in [0.2, 0.25) is 0 Å². The Balaban J connectivity index is 2.01. The molecule has 1 N–H and O–H groups in total. The van der Waals surface area contributed by atoms with Gasteiger partial charge in [-0.25, -0.2) is 4.79 Å². The smallest absolute Gasteiger partial charge is 0.341 e. The number of esters is 1. The maximum Gasteiger partial charge on any atom is 0.341 e. The number of carbonyl (C=O) groups excluding carboxylic acids is 2. The van der Waals surface area contributed by atoms with Crippen molar-refractivity contribution in [2.45, 2.75) is 26.2 Å². The molecule has 0 aromatic heterocycles. The summed E-state index contributed by atoms with van der Waals surface area (Å²) in [7, 11) is 0. The van der Waals surface area contributed by atoms with Crippen molar-refractivity contribution in [1.82, 2.24) is 0 Å². The van der Waals surface area contributed by atoms with Crippen LogP contribution in [0.2, 0.25) is 10.0 Å². The SMILES string of the molecule is CC[C@@H](C)c1ccccc1NC(=O)COC(=O)c1c(Cl)cccc1Cl. The van der Waals surface area contributed by atoms with Crippen molar-refractivity contribution in [3.8, 4) is 0 Å². The maximum atomic E-state index is 12.1. The molecule has 2 rings (SSSR count). The lowest BCUT2D eigenvalue weighted by atomic mass is 9.97. The third kappa shape index (κ3) is 4.97. The molecule has 132 valence electrons. The van der Waals surface area contributed by atoms with Gasteiger partial charge in [-0.1, -0.05) is 61.3 Å². The van der Waals surface area contributed by atoms with Crippen LogP contribution in [0.1, 0.15) is 42.1 Å². The summed E-state index contributed by atoms with van der Waals surface area (Å²) in [4.78, 5) is 24.2. The van der Waals surface area contributed by atoms with E-state index < -0.39 is 18.5 Å². The Kier molecular flexibility index (Phi) is 6.85. The highest BCUT2D eigenvalue weighted by Crippen LogP contribution is 2.27. The van der Waals surface area contributed by atoms with Crippen molar-refractivity contribution in [2.75, 3.05) is 11.9 Å². The van der Waals surface area contributed by atoms with Crippen molar-refractivity contribution in [1.29, 1.82) is 0 Å².